The van der Waals surface area contributed by atoms with Gasteiger partial charge in [-0.25, -0.2) is 14.1 Å². The van der Waals surface area contributed by atoms with E-state index in [0.29, 0.717) is 18.2 Å². The van der Waals surface area contributed by atoms with Crippen LogP contribution in [-0.4, -0.2) is 25.9 Å². The second-order valence-corrected chi connectivity index (χ2v) is 6.53. The highest BCUT2D eigenvalue weighted by atomic mass is 19.1. The topological polar surface area (TPSA) is 81.9 Å². The number of benzene rings is 2. The van der Waals surface area contributed by atoms with E-state index in [2.05, 4.69) is 20.6 Å². The molecule has 150 valence electrons. The molecule has 1 amide bonds. The Bertz CT molecular complexity index is 1130. The molecule has 30 heavy (non-hydrogen) atoms. The third-order valence-electron chi connectivity index (χ3n) is 4.23. The van der Waals surface area contributed by atoms with Crippen LogP contribution in [0.4, 0.5) is 4.39 Å². The van der Waals surface area contributed by atoms with E-state index < -0.39 is 0 Å². The fourth-order valence-corrected chi connectivity index (χ4v) is 2.75. The normalized spacial score (nSPS) is 10.6. The van der Waals surface area contributed by atoms with E-state index in [1.807, 2.05) is 30.3 Å². The Morgan fingerprint density at radius 1 is 1.03 bits per heavy atom. The number of pyridine rings is 1. The lowest BCUT2D eigenvalue weighted by Crippen LogP contribution is -2.23. The molecule has 2 heterocycles. The summed E-state index contributed by atoms with van der Waals surface area (Å²) in [5.41, 5.74) is 2.09. The molecule has 0 aliphatic carbocycles. The minimum atomic E-state index is -0.382. The first-order valence-electron chi connectivity index (χ1n) is 9.26. The first-order chi connectivity index (χ1) is 14.7. The first-order valence-corrected chi connectivity index (χ1v) is 9.26. The van der Waals surface area contributed by atoms with Gasteiger partial charge in [-0.3, -0.25) is 4.79 Å². The number of carbonyl (C=O) groups is 1. The maximum atomic E-state index is 13.2. The highest BCUT2D eigenvalue weighted by Gasteiger charge is 2.11. The Labute approximate surface area is 172 Å². The van der Waals surface area contributed by atoms with Crippen LogP contribution in [0.25, 0.3) is 0 Å². The van der Waals surface area contributed by atoms with Crippen LogP contribution in [0.1, 0.15) is 21.6 Å². The molecule has 2 aromatic heterocycles. The quantitative estimate of drug-likeness (QED) is 0.510. The molecule has 1 N–H and O–H groups in total. The molecule has 0 aliphatic rings. The predicted molar refractivity (Wildman–Crippen MR) is 107 cm³/mol. The number of amides is 1. The zero-order valence-electron chi connectivity index (χ0n) is 15.9. The summed E-state index contributed by atoms with van der Waals surface area (Å²) >= 11 is 0. The Kier molecular flexibility index (Phi) is 5.75. The second-order valence-electron chi connectivity index (χ2n) is 6.53. The number of nitrogens with one attached hydrogen (secondary N) is 1. The van der Waals surface area contributed by atoms with E-state index >= 15 is 0 Å². The molecule has 4 rings (SSSR count). The van der Waals surface area contributed by atoms with Gasteiger partial charge in [0.25, 0.3) is 5.91 Å². The van der Waals surface area contributed by atoms with Gasteiger partial charge < -0.3 is 10.1 Å². The van der Waals surface area contributed by atoms with Crippen molar-refractivity contribution >= 4 is 5.91 Å². The lowest BCUT2D eigenvalue weighted by atomic mass is 10.2. The highest BCUT2D eigenvalue weighted by Crippen LogP contribution is 2.20. The predicted octanol–water partition coefficient (Wildman–Crippen LogP) is 3.58. The number of ether oxygens (including phenoxy) is 1. The van der Waals surface area contributed by atoms with E-state index in [9.17, 15) is 9.18 Å². The van der Waals surface area contributed by atoms with Gasteiger partial charge in [0.2, 0.25) is 5.88 Å². The molecule has 4 aromatic rings. The third kappa shape index (κ3) is 5.05. The van der Waals surface area contributed by atoms with Gasteiger partial charge in [-0.1, -0.05) is 47.7 Å². The Morgan fingerprint density at radius 2 is 1.90 bits per heavy atom. The molecule has 0 bridgehead atoms. The van der Waals surface area contributed by atoms with Crippen LogP contribution >= 0.6 is 0 Å². The van der Waals surface area contributed by atoms with E-state index in [0.717, 1.165) is 11.1 Å². The molecule has 0 saturated carbocycles. The minimum absolute atomic E-state index is 0.241. The molecule has 0 saturated heterocycles. The molecular weight excluding hydrogens is 385 g/mol. The monoisotopic (exact) mass is 403 g/mol. The van der Waals surface area contributed by atoms with Gasteiger partial charge in [-0.05, 0) is 23.3 Å². The van der Waals surface area contributed by atoms with Crippen LogP contribution in [0.5, 0.6) is 11.6 Å². The smallest absolute Gasteiger partial charge is 0.273 e. The Hall–Kier alpha value is -4.07. The number of hydrogen-bond donors (Lipinski definition) is 1. The summed E-state index contributed by atoms with van der Waals surface area (Å²) < 4.78 is 20.3. The maximum Gasteiger partial charge on any atom is 0.273 e. The van der Waals surface area contributed by atoms with Crippen molar-refractivity contribution < 1.29 is 13.9 Å². The van der Waals surface area contributed by atoms with E-state index in [-0.39, 0.29) is 24.0 Å². The van der Waals surface area contributed by atoms with Crippen LogP contribution in [-0.2, 0) is 13.1 Å². The average Bonchev–Trinajstić information content (AvgIpc) is 3.22. The Balaban J connectivity index is 1.30. The summed E-state index contributed by atoms with van der Waals surface area (Å²) in [5.74, 6) is -0.0106. The van der Waals surface area contributed by atoms with Crippen LogP contribution < -0.4 is 10.1 Å². The van der Waals surface area contributed by atoms with Crippen LogP contribution in [0.2, 0.25) is 0 Å². The van der Waals surface area contributed by atoms with Crippen molar-refractivity contribution in [1.82, 2.24) is 25.3 Å². The molecule has 7 nitrogen and oxygen atoms in total. The second kappa shape index (κ2) is 8.95. The van der Waals surface area contributed by atoms with E-state index in [1.54, 1.807) is 41.3 Å². The highest BCUT2D eigenvalue weighted by molar-refractivity contribution is 5.91. The minimum Gasteiger partial charge on any atom is -0.439 e. The van der Waals surface area contributed by atoms with Gasteiger partial charge in [0.15, 0.2) is 5.69 Å². The summed E-state index contributed by atoms with van der Waals surface area (Å²) in [6, 6.07) is 19.0. The van der Waals surface area contributed by atoms with E-state index in [1.165, 1.54) is 12.1 Å². The molecule has 0 fully saturated rings. The van der Waals surface area contributed by atoms with E-state index in [4.69, 9.17) is 4.74 Å². The van der Waals surface area contributed by atoms with Crippen LogP contribution in [0.15, 0.2) is 79.1 Å². The van der Waals surface area contributed by atoms with Crippen LogP contribution in [0, 0.1) is 5.82 Å². The van der Waals surface area contributed by atoms with Gasteiger partial charge in [0.05, 0.1) is 12.7 Å². The summed E-state index contributed by atoms with van der Waals surface area (Å²) in [6.07, 6.45) is 3.19. The average molecular weight is 403 g/mol. The lowest BCUT2D eigenvalue weighted by molar-refractivity contribution is 0.0946. The summed E-state index contributed by atoms with van der Waals surface area (Å²) in [7, 11) is 0. The number of aromatic nitrogens is 4. The van der Waals surface area contributed by atoms with Crippen molar-refractivity contribution in [3.8, 4) is 11.6 Å². The van der Waals surface area contributed by atoms with Crippen molar-refractivity contribution in [1.29, 1.82) is 0 Å². The first kappa shape index (κ1) is 19.3. The number of hydrogen-bond acceptors (Lipinski definition) is 5. The maximum absolute atomic E-state index is 13.2. The standard InChI is InChI=1S/C22H18FN5O2/c23-18-7-4-8-19(11-18)30-21-10-9-17(12-24-21)13-25-22(29)20-15-28(27-26-20)14-16-5-2-1-3-6-16/h1-12,15H,13-14H2,(H,25,29). The molecular formula is C22H18FN5O2. The summed E-state index contributed by atoms with van der Waals surface area (Å²) in [4.78, 5) is 16.5. The van der Waals surface area contributed by atoms with Crippen molar-refractivity contribution in [3.05, 3.63) is 102 Å². The SMILES string of the molecule is O=C(NCc1ccc(Oc2cccc(F)c2)nc1)c1cn(Cc2ccccc2)nn1. The molecule has 0 unspecified atom stereocenters. The van der Waals surface area contributed by atoms with Gasteiger partial charge in [-0.2, -0.15) is 0 Å². The number of carbonyl (C=O) groups excluding carboxylic acids is 1. The third-order valence-corrected chi connectivity index (χ3v) is 4.23. The van der Waals surface area contributed by atoms with Gasteiger partial charge >= 0.3 is 0 Å². The zero-order valence-corrected chi connectivity index (χ0v) is 15.9. The molecule has 0 spiro atoms. The molecule has 0 atom stereocenters. The molecule has 8 heteroatoms. The van der Waals surface area contributed by atoms with Gasteiger partial charge in [-0.15, -0.1) is 5.10 Å². The summed E-state index contributed by atoms with van der Waals surface area (Å²) in [6.45, 7) is 0.815. The Morgan fingerprint density at radius 3 is 2.67 bits per heavy atom. The van der Waals surface area contributed by atoms with Crippen molar-refractivity contribution in [2.24, 2.45) is 0 Å². The zero-order chi connectivity index (χ0) is 20.8. The molecule has 0 aliphatic heterocycles. The van der Waals surface area contributed by atoms with Crippen molar-refractivity contribution in [2.75, 3.05) is 0 Å². The summed E-state index contributed by atoms with van der Waals surface area (Å²) in [5, 5.41) is 10.7. The fraction of sp³-hybridized carbons (Fsp3) is 0.0909. The lowest BCUT2D eigenvalue weighted by Gasteiger charge is -2.06. The van der Waals surface area contributed by atoms with Gasteiger partial charge in [0.1, 0.15) is 11.6 Å². The fourth-order valence-electron chi connectivity index (χ4n) is 2.75. The molecule has 0 radical (unpaired) electrons. The van der Waals surface area contributed by atoms with Gasteiger partial charge in [0, 0.05) is 24.9 Å². The van der Waals surface area contributed by atoms with Crippen molar-refractivity contribution in [2.45, 2.75) is 13.1 Å². The number of nitrogens with zero attached hydrogens (tertiary/aromatic N) is 4. The largest absolute Gasteiger partial charge is 0.439 e. The molecule has 2 aromatic carbocycles. The van der Waals surface area contributed by atoms with Crippen LogP contribution in [0.3, 0.4) is 0 Å². The van der Waals surface area contributed by atoms with Crippen molar-refractivity contribution in [3.63, 3.8) is 0 Å². The number of halogens is 1. The number of rotatable bonds is 7.